The molecule has 0 aliphatic rings. The van der Waals surface area contributed by atoms with Gasteiger partial charge in [-0.3, -0.25) is 14.9 Å². The van der Waals surface area contributed by atoms with Crippen molar-refractivity contribution in [2.45, 2.75) is 26.3 Å². The summed E-state index contributed by atoms with van der Waals surface area (Å²) in [7, 11) is 2.77. The van der Waals surface area contributed by atoms with Gasteiger partial charge in [0.25, 0.3) is 11.6 Å². The van der Waals surface area contributed by atoms with Crippen LogP contribution < -0.4 is 5.32 Å². The minimum Gasteiger partial charge on any atom is -0.467 e. The van der Waals surface area contributed by atoms with Crippen LogP contribution in [0.2, 0.25) is 0 Å². The summed E-state index contributed by atoms with van der Waals surface area (Å²) in [6.45, 7) is 3.82. The number of carbonyl (C=O) groups excluding carboxylic acids is 2. The molecule has 1 atom stereocenters. The van der Waals surface area contributed by atoms with Gasteiger partial charge >= 0.3 is 5.97 Å². The number of ether oxygens (including phenoxy) is 1. The lowest BCUT2D eigenvalue weighted by Gasteiger charge is -2.18. The van der Waals surface area contributed by atoms with Crippen LogP contribution in [0.3, 0.4) is 0 Å². The molecule has 1 heterocycles. The number of hydrogen-bond acceptors (Lipinski definition) is 5. The zero-order chi connectivity index (χ0) is 16.2. The molecule has 0 aliphatic heterocycles. The fourth-order valence-electron chi connectivity index (χ4n) is 1.93. The average molecular weight is 297 g/mol. The standard InChI is InChI=1S/C13H19N3O5/c1-8(2)5-10(13(18)21-4)14-12(17)11-6-9(16(19)20)7-15(11)3/h6-8,10H,5H2,1-4H3,(H,14,17). The molecule has 1 aromatic rings. The van der Waals surface area contributed by atoms with E-state index in [9.17, 15) is 19.7 Å². The van der Waals surface area contributed by atoms with Crippen molar-refractivity contribution in [1.29, 1.82) is 0 Å². The molecule has 0 spiro atoms. The second kappa shape index (κ2) is 6.87. The smallest absolute Gasteiger partial charge is 0.328 e. The van der Waals surface area contributed by atoms with Crippen molar-refractivity contribution >= 4 is 17.6 Å². The Labute approximate surface area is 122 Å². The summed E-state index contributed by atoms with van der Waals surface area (Å²) in [6, 6.07) is 0.385. The Balaban J connectivity index is 2.91. The molecule has 8 nitrogen and oxygen atoms in total. The number of nitrogens with one attached hydrogen (secondary N) is 1. The first-order chi connectivity index (χ1) is 9.76. The second-order valence-electron chi connectivity index (χ2n) is 5.13. The Morgan fingerprint density at radius 2 is 2.10 bits per heavy atom. The maximum atomic E-state index is 12.2. The lowest BCUT2D eigenvalue weighted by molar-refractivity contribution is -0.384. The van der Waals surface area contributed by atoms with Gasteiger partial charge in [0.2, 0.25) is 0 Å². The van der Waals surface area contributed by atoms with Gasteiger partial charge in [0.05, 0.1) is 18.2 Å². The molecule has 21 heavy (non-hydrogen) atoms. The van der Waals surface area contributed by atoms with E-state index in [2.05, 4.69) is 10.1 Å². The number of rotatable bonds is 6. The molecule has 1 aromatic heterocycles. The molecule has 0 aliphatic carbocycles. The average Bonchev–Trinajstić information content (AvgIpc) is 2.78. The van der Waals surface area contributed by atoms with Crippen LogP contribution in [0.5, 0.6) is 0 Å². The molecule has 1 amide bonds. The van der Waals surface area contributed by atoms with Crippen molar-refractivity contribution in [3.63, 3.8) is 0 Å². The summed E-state index contributed by atoms with van der Waals surface area (Å²) < 4.78 is 6.00. The topological polar surface area (TPSA) is 103 Å². The van der Waals surface area contributed by atoms with Gasteiger partial charge in [-0.1, -0.05) is 13.8 Å². The third-order valence-electron chi connectivity index (χ3n) is 2.93. The van der Waals surface area contributed by atoms with Crippen molar-refractivity contribution < 1.29 is 19.2 Å². The molecule has 0 aromatic carbocycles. The largest absolute Gasteiger partial charge is 0.467 e. The van der Waals surface area contributed by atoms with Crippen molar-refractivity contribution in [2.24, 2.45) is 13.0 Å². The van der Waals surface area contributed by atoms with Gasteiger partial charge in [-0.05, 0) is 12.3 Å². The van der Waals surface area contributed by atoms with Gasteiger partial charge in [-0.15, -0.1) is 0 Å². The first-order valence-corrected chi connectivity index (χ1v) is 6.45. The highest BCUT2D eigenvalue weighted by Gasteiger charge is 2.25. The summed E-state index contributed by atoms with van der Waals surface area (Å²) in [6.07, 6.45) is 1.66. The Kier molecular flexibility index (Phi) is 5.45. The molecular formula is C13H19N3O5. The van der Waals surface area contributed by atoms with E-state index in [1.54, 1.807) is 0 Å². The van der Waals surface area contributed by atoms with Crippen LogP contribution in [0.25, 0.3) is 0 Å². The van der Waals surface area contributed by atoms with Crippen LogP contribution in [-0.4, -0.2) is 34.5 Å². The monoisotopic (exact) mass is 297 g/mol. The zero-order valence-electron chi connectivity index (χ0n) is 12.5. The van der Waals surface area contributed by atoms with E-state index in [1.807, 2.05) is 13.8 Å². The summed E-state index contributed by atoms with van der Waals surface area (Å²) >= 11 is 0. The molecule has 0 bridgehead atoms. The quantitative estimate of drug-likeness (QED) is 0.483. The molecular weight excluding hydrogens is 278 g/mol. The van der Waals surface area contributed by atoms with Crippen molar-refractivity contribution in [3.05, 3.63) is 28.1 Å². The number of nitrogens with zero attached hydrogens (tertiary/aromatic N) is 2. The zero-order valence-corrected chi connectivity index (χ0v) is 12.5. The van der Waals surface area contributed by atoms with E-state index in [1.165, 1.54) is 31.0 Å². The molecule has 1 unspecified atom stereocenters. The number of hydrogen-bond donors (Lipinski definition) is 1. The van der Waals surface area contributed by atoms with Crippen LogP contribution in [0.4, 0.5) is 5.69 Å². The van der Waals surface area contributed by atoms with Crippen molar-refractivity contribution in [2.75, 3.05) is 7.11 Å². The second-order valence-corrected chi connectivity index (χ2v) is 5.13. The third kappa shape index (κ3) is 4.30. The number of amides is 1. The minimum atomic E-state index is -0.781. The molecule has 1 N–H and O–H groups in total. The summed E-state index contributed by atoms with van der Waals surface area (Å²) in [4.78, 5) is 33.9. The van der Waals surface area contributed by atoms with Crippen molar-refractivity contribution in [1.82, 2.24) is 9.88 Å². The Morgan fingerprint density at radius 3 is 2.52 bits per heavy atom. The molecule has 0 radical (unpaired) electrons. The van der Waals surface area contributed by atoms with Crippen LogP contribution in [0.1, 0.15) is 30.8 Å². The van der Waals surface area contributed by atoms with E-state index >= 15 is 0 Å². The fraction of sp³-hybridized carbons (Fsp3) is 0.538. The summed E-state index contributed by atoms with van der Waals surface area (Å²) in [5.74, 6) is -0.917. The van der Waals surface area contributed by atoms with Crippen molar-refractivity contribution in [3.8, 4) is 0 Å². The molecule has 8 heteroatoms. The first-order valence-electron chi connectivity index (χ1n) is 6.45. The highest BCUT2D eigenvalue weighted by molar-refractivity contribution is 5.96. The highest BCUT2D eigenvalue weighted by atomic mass is 16.6. The number of esters is 1. The predicted molar refractivity (Wildman–Crippen MR) is 74.8 cm³/mol. The number of aryl methyl sites for hydroxylation is 1. The first kappa shape index (κ1) is 16.7. The molecule has 0 saturated carbocycles. The SMILES string of the molecule is COC(=O)C(CC(C)C)NC(=O)c1cc([N+](=O)[O-])cn1C. The predicted octanol–water partition coefficient (Wildman–Crippen LogP) is 1.25. The van der Waals surface area contributed by atoms with Crippen LogP contribution in [0.15, 0.2) is 12.3 Å². The van der Waals surface area contributed by atoms with E-state index < -0.39 is 22.8 Å². The summed E-state index contributed by atoms with van der Waals surface area (Å²) in [5.41, 5.74) is -0.0690. The molecule has 1 rings (SSSR count). The van der Waals surface area contributed by atoms with E-state index in [-0.39, 0.29) is 17.3 Å². The Bertz CT molecular complexity index is 550. The van der Waals surface area contributed by atoms with E-state index in [0.717, 1.165) is 0 Å². The van der Waals surface area contributed by atoms with E-state index in [0.29, 0.717) is 6.42 Å². The van der Waals surface area contributed by atoms with Gasteiger partial charge < -0.3 is 14.6 Å². The van der Waals surface area contributed by atoms with Gasteiger partial charge in [-0.2, -0.15) is 0 Å². The van der Waals surface area contributed by atoms with Gasteiger partial charge in [0.15, 0.2) is 0 Å². The molecule has 116 valence electrons. The van der Waals surface area contributed by atoms with Crippen LogP contribution in [-0.2, 0) is 16.6 Å². The van der Waals surface area contributed by atoms with Gasteiger partial charge in [-0.25, -0.2) is 4.79 Å². The van der Waals surface area contributed by atoms with Crippen LogP contribution in [0, 0.1) is 16.0 Å². The maximum Gasteiger partial charge on any atom is 0.328 e. The number of nitro groups is 1. The fourth-order valence-corrected chi connectivity index (χ4v) is 1.93. The third-order valence-corrected chi connectivity index (χ3v) is 2.93. The number of aromatic nitrogens is 1. The van der Waals surface area contributed by atoms with Gasteiger partial charge in [0.1, 0.15) is 11.7 Å². The Morgan fingerprint density at radius 1 is 1.48 bits per heavy atom. The lowest BCUT2D eigenvalue weighted by Crippen LogP contribution is -2.42. The van der Waals surface area contributed by atoms with Crippen LogP contribution >= 0.6 is 0 Å². The summed E-state index contributed by atoms with van der Waals surface area (Å²) in [5, 5.41) is 13.2. The van der Waals surface area contributed by atoms with Gasteiger partial charge in [0, 0.05) is 13.1 Å². The maximum absolute atomic E-state index is 12.2. The molecule has 0 fully saturated rings. The minimum absolute atomic E-state index is 0.111. The number of carbonyl (C=O) groups is 2. The normalized spacial score (nSPS) is 12.0. The van der Waals surface area contributed by atoms with E-state index in [4.69, 9.17) is 0 Å². The highest BCUT2D eigenvalue weighted by Crippen LogP contribution is 2.16. The lowest BCUT2D eigenvalue weighted by atomic mass is 10.0. The molecule has 0 saturated heterocycles. The Hall–Kier alpha value is -2.38. The number of methoxy groups -OCH3 is 1.